The molecule has 1 aromatic heterocycles. The van der Waals surface area contributed by atoms with Gasteiger partial charge in [-0.1, -0.05) is 0 Å². The molecule has 0 radical (unpaired) electrons. The van der Waals surface area contributed by atoms with Gasteiger partial charge in [-0.15, -0.1) is 0 Å². The zero-order valence-corrected chi connectivity index (χ0v) is 17.7. The van der Waals surface area contributed by atoms with Crippen molar-refractivity contribution in [1.82, 2.24) is 14.8 Å². The van der Waals surface area contributed by atoms with Crippen LogP contribution in [0, 0.1) is 0 Å². The molecule has 1 atom stereocenters. The minimum absolute atomic E-state index is 0.237. The Balaban J connectivity index is 1.58. The van der Waals surface area contributed by atoms with Gasteiger partial charge in [0.05, 0.1) is 26.3 Å². The van der Waals surface area contributed by atoms with Crippen LogP contribution in [0.1, 0.15) is 38.8 Å². The van der Waals surface area contributed by atoms with E-state index in [9.17, 15) is 4.79 Å². The molecule has 1 unspecified atom stereocenters. The number of carbonyl (C=O) groups excluding carboxylic acids is 1. The van der Waals surface area contributed by atoms with Crippen molar-refractivity contribution in [1.29, 1.82) is 0 Å². The highest BCUT2D eigenvalue weighted by Crippen LogP contribution is 2.46. The van der Waals surface area contributed by atoms with Crippen molar-refractivity contribution < 1.29 is 19.0 Å². The van der Waals surface area contributed by atoms with Crippen molar-refractivity contribution in [3.05, 3.63) is 35.0 Å². The van der Waals surface area contributed by atoms with Crippen LogP contribution in [0.2, 0.25) is 0 Å². The second kappa shape index (κ2) is 7.98. The van der Waals surface area contributed by atoms with E-state index in [2.05, 4.69) is 28.2 Å². The van der Waals surface area contributed by atoms with Crippen molar-refractivity contribution in [3.63, 3.8) is 0 Å². The third-order valence-corrected chi connectivity index (χ3v) is 6.02. The Morgan fingerprint density at radius 3 is 2.90 bits per heavy atom. The van der Waals surface area contributed by atoms with Crippen LogP contribution in [-0.2, 0) is 9.53 Å². The van der Waals surface area contributed by atoms with Crippen LogP contribution >= 0.6 is 11.9 Å². The largest absolute Gasteiger partial charge is 0.492 e. The number of methoxy groups -OCH3 is 1. The second-order valence-electron chi connectivity index (χ2n) is 7.17. The number of benzene rings is 1. The summed E-state index contributed by atoms with van der Waals surface area (Å²) >= 11 is 1.70. The fourth-order valence-corrected chi connectivity index (χ4v) is 4.53. The van der Waals surface area contributed by atoms with Crippen LogP contribution in [0.15, 0.2) is 29.4 Å². The predicted molar refractivity (Wildman–Crippen MR) is 111 cm³/mol. The van der Waals surface area contributed by atoms with Crippen LogP contribution in [-0.4, -0.2) is 47.1 Å². The van der Waals surface area contributed by atoms with Crippen molar-refractivity contribution in [2.24, 2.45) is 0 Å². The topological polar surface area (TPSA) is 78.7 Å². The third-order valence-electron chi connectivity index (χ3n) is 4.84. The molecule has 0 fully saturated rings. The Labute approximate surface area is 174 Å². The fourth-order valence-electron chi connectivity index (χ4n) is 3.40. The van der Waals surface area contributed by atoms with E-state index in [1.807, 2.05) is 22.9 Å². The summed E-state index contributed by atoms with van der Waals surface area (Å²) in [7, 11) is 1.35. The van der Waals surface area contributed by atoms with Crippen LogP contribution in [0.25, 0.3) is 5.57 Å². The van der Waals surface area contributed by atoms with Gasteiger partial charge in [-0.05, 0) is 50.4 Å². The number of ether oxygens (including phenoxy) is 3. The number of rotatable bonds is 5. The van der Waals surface area contributed by atoms with Gasteiger partial charge >= 0.3 is 5.97 Å². The summed E-state index contributed by atoms with van der Waals surface area (Å²) < 4.78 is 20.5. The monoisotopic (exact) mass is 416 g/mol. The minimum Gasteiger partial charge on any atom is -0.492 e. The Bertz CT molecular complexity index is 956. The van der Waals surface area contributed by atoms with E-state index in [1.54, 1.807) is 25.2 Å². The molecule has 0 amide bonds. The number of anilines is 1. The molecule has 29 heavy (non-hydrogen) atoms. The molecule has 0 saturated carbocycles. The summed E-state index contributed by atoms with van der Waals surface area (Å²) in [5.41, 5.74) is 2.27. The Hall–Kier alpha value is -2.68. The van der Waals surface area contributed by atoms with Crippen LogP contribution in [0.3, 0.4) is 0 Å². The molecule has 2 aromatic rings. The smallest absolute Gasteiger partial charge is 0.346 e. The number of hydrogen-bond donors (Lipinski definition) is 0. The first-order chi connectivity index (χ1) is 14.0. The van der Waals surface area contributed by atoms with E-state index in [1.165, 1.54) is 17.6 Å². The van der Waals surface area contributed by atoms with E-state index in [-0.39, 0.29) is 6.04 Å². The Morgan fingerprint density at radius 2 is 2.14 bits per heavy atom. The van der Waals surface area contributed by atoms with E-state index in [0.29, 0.717) is 12.4 Å². The molecule has 0 aliphatic carbocycles. The van der Waals surface area contributed by atoms with Gasteiger partial charge in [0.25, 0.3) is 0 Å². The summed E-state index contributed by atoms with van der Waals surface area (Å²) in [5.74, 6) is 1.78. The van der Waals surface area contributed by atoms with E-state index < -0.39 is 12.1 Å². The number of nitrogens with zero attached hydrogens (tertiary/aromatic N) is 4. The standard InChI is InChI=1S/C20H24N4O4S/c1-12(2)24-20(21-11-22-24)23-10-16-15-6-5-14(28-13(3)19(25)26-4)9-17(15)27-8-7-18(16)29-23/h5-6,9,11-13H,7-8,10H2,1-4H3. The second-order valence-corrected chi connectivity index (χ2v) is 8.28. The van der Waals surface area contributed by atoms with Gasteiger partial charge in [0.2, 0.25) is 5.95 Å². The molecule has 3 heterocycles. The van der Waals surface area contributed by atoms with Gasteiger partial charge in [0.15, 0.2) is 6.10 Å². The van der Waals surface area contributed by atoms with Gasteiger partial charge in [-0.25, -0.2) is 9.48 Å². The maximum Gasteiger partial charge on any atom is 0.346 e. The van der Waals surface area contributed by atoms with Gasteiger partial charge < -0.3 is 14.2 Å². The lowest BCUT2D eigenvalue weighted by molar-refractivity contribution is -0.147. The first-order valence-electron chi connectivity index (χ1n) is 9.56. The summed E-state index contributed by atoms with van der Waals surface area (Å²) in [6, 6.07) is 5.93. The summed E-state index contributed by atoms with van der Waals surface area (Å²) in [5, 5.41) is 4.35. The van der Waals surface area contributed by atoms with Gasteiger partial charge in [-0.3, -0.25) is 4.31 Å². The average Bonchev–Trinajstić information content (AvgIpc) is 3.31. The number of fused-ring (bicyclic) bond motifs is 2. The Kier molecular flexibility index (Phi) is 5.40. The highest BCUT2D eigenvalue weighted by molar-refractivity contribution is 8.04. The normalized spacial score (nSPS) is 16.8. The molecule has 1 aromatic carbocycles. The highest BCUT2D eigenvalue weighted by atomic mass is 32.2. The molecule has 0 N–H and O–H groups in total. The molecular formula is C20H24N4O4S. The third kappa shape index (κ3) is 3.78. The number of hydrogen-bond acceptors (Lipinski definition) is 8. The van der Waals surface area contributed by atoms with Crippen molar-refractivity contribution in [2.75, 3.05) is 24.6 Å². The maximum absolute atomic E-state index is 11.6. The van der Waals surface area contributed by atoms with E-state index in [4.69, 9.17) is 14.2 Å². The number of esters is 1. The molecule has 9 heteroatoms. The van der Waals surface area contributed by atoms with E-state index >= 15 is 0 Å². The van der Waals surface area contributed by atoms with Crippen LogP contribution in [0.5, 0.6) is 11.5 Å². The summed E-state index contributed by atoms with van der Waals surface area (Å²) in [4.78, 5) is 17.4. The molecule has 2 aliphatic heterocycles. The molecule has 154 valence electrons. The molecule has 4 rings (SSSR count). The fraction of sp³-hybridized carbons (Fsp3) is 0.450. The zero-order chi connectivity index (χ0) is 20.5. The quantitative estimate of drug-likeness (QED) is 0.542. The summed E-state index contributed by atoms with van der Waals surface area (Å²) in [6.07, 6.45) is 1.75. The minimum atomic E-state index is -0.682. The van der Waals surface area contributed by atoms with E-state index in [0.717, 1.165) is 30.2 Å². The molecule has 2 aliphatic rings. The molecule has 0 saturated heterocycles. The first-order valence-corrected chi connectivity index (χ1v) is 10.3. The lowest BCUT2D eigenvalue weighted by Gasteiger charge is -2.20. The first kappa shape index (κ1) is 19.6. The van der Waals surface area contributed by atoms with Gasteiger partial charge in [0, 0.05) is 23.0 Å². The van der Waals surface area contributed by atoms with Crippen molar-refractivity contribution in [2.45, 2.75) is 39.3 Å². The number of aromatic nitrogens is 3. The summed E-state index contributed by atoms with van der Waals surface area (Å²) in [6.45, 7) is 7.16. The van der Waals surface area contributed by atoms with Crippen LogP contribution in [0.4, 0.5) is 5.95 Å². The van der Waals surface area contributed by atoms with Crippen molar-refractivity contribution in [3.8, 4) is 11.5 Å². The Morgan fingerprint density at radius 1 is 1.31 bits per heavy atom. The molecular weight excluding hydrogens is 392 g/mol. The molecule has 0 bridgehead atoms. The zero-order valence-electron chi connectivity index (χ0n) is 16.9. The number of carbonyl (C=O) groups is 1. The maximum atomic E-state index is 11.6. The van der Waals surface area contributed by atoms with Gasteiger partial charge in [-0.2, -0.15) is 10.1 Å². The SMILES string of the molecule is COC(=O)C(C)Oc1ccc2c(c1)OCCC1=C2CN(c2ncnn2C(C)C)S1. The lowest BCUT2D eigenvalue weighted by Crippen LogP contribution is -2.24. The lowest BCUT2D eigenvalue weighted by atomic mass is 10.0. The highest BCUT2D eigenvalue weighted by Gasteiger charge is 2.31. The van der Waals surface area contributed by atoms with Crippen molar-refractivity contribution >= 4 is 29.4 Å². The van der Waals surface area contributed by atoms with Crippen LogP contribution < -0.4 is 13.8 Å². The molecule has 0 spiro atoms. The van der Waals surface area contributed by atoms with Gasteiger partial charge in [0.1, 0.15) is 17.8 Å². The average molecular weight is 417 g/mol. The molecule has 8 nitrogen and oxygen atoms in total. The predicted octanol–water partition coefficient (Wildman–Crippen LogP) is 3.46.